The van der Waals surface area contributed by atoms with Gasteiger partial charge < -0.3 is 20.4 Å². The molecule has 0 radical (unpaired) electrons. The van der Waals surface area contributed by atoms with E-state index in [0.29, 0.717) is 19.0 Å². The standard InChI is InChI=1S/C25H36N6O/c1-20(21-7-3-2-4-8-21)17-27-18-22-9-5-6-10-23(22)29-25(32)31-15-13-30(14-16-31)24-11-12-26-19-28-24/h5-6,9-12,19-21,27H,2-4,7-8,13-18H2,1H3,(H,29,32). The van der Waals surface area contributed by atoms with Crippen LogP contribution in [0.2, 0.25) is 0 Å². The highest BCUT2D eigenvalue weighted by molar-refractivity contribution is 5.90. The van der Waals surface area contributed by atoms with Crippen molar-refractivity contribution < 1.29 is 4.79 Å². The number of amides is 2. The minimum absolute atomic E-state index is 0.0321. The van der Waals surface area contributed by atoms with E-state index in [1.54, 1.807) is 12.5 Å². The first kappa shape index (κ1) is 22.5. The van der Waals surface area contributed by atoms with E-state index in [4.69, 9.17) is 0 Å². The summed E-state index contributed by atoms with van der Waals surface area (Å²) in [6.45, 7) is 7.06. The number of nitrogens with zero attached hydrogens (tertiary/aromatic N) is 4. The second-order valence-electron chi connectivity index (χ2n) is 9.14. The first-order chi connectivity index (χ1) is 15.7. The van der Waals surface area contributed by atoms with E-state index in [2.05, 4.69) is 38.5 Å². The van der Waals surface area contributed by atoms with E-state index in [9.17, 15) is 4.79 Å². The molecule has 1 aromatic heterocycles. The zero-order chi connectivity index (χ0) is 22.2. The number of carbonyl (C=O) groups is 1. The van der Waals surface area contributed by atoms with Crippen LogP contribution in [0.25, 0.3) is 0 Å². The van der Waals surface area contributed by atoms with Gasteiger partial charge in [0.25, 0.3) is 0 Å². The minimum atomic E-state index is -0.0321. The van der Waals surface area contributed by atoms with Crippen LogP contribution < -0.4 is 15.5 Å². The summed E-state index contributed by atoms with van der Waals surface area (Å²) in [6, 6.07) is 10.00. The van der Waals surface area contributed by atoms with Crippen LogP contribution in [0.3, 0.4) is 0 Å². The maximum Gasteiger partial charge on any atom is 0.321 e. The lowest BCUT2D eigenvalue weighted by molar-refractivity contribution is 0.208. The molecule has 1 saturated heterocycles. The van der Waals surface area contributed by atoms with Gasteiger partial charge in [0.05, 0.1) is 0 Å². The van der Waals surface area contributed by atoms with Gasteiger partial charge in [-0.1, -0.05) is 57.2 Å². The van der Waals surface area contributed by atoms with Crippen LogP contribution in [-0.2, 0) is 6.54 Å². The molecule has 2 fully saturated rings. The maximum absolute atomic E-state index is 12.9. The third-order valence-electron chi connectivity index (χ3n) is 6.95. The SMILES string of the molecule is CC(CNCc1ccccc1NC(=O)N1CCN(c2ccncn2)CC1)C1CCCCC1. The number of rotatable bonds is 7. The van der Waals surface area contributed by atoms with Crippen LogP contribution in [0.4, 0.5) is 16.3 Å². The van der Waals surface area contributed by atoms with Crippen LogP contribution in [-0.4, -0.2) is 53.6 Å². The van der Waals surface area contributed by atoms with Gasteiger partial charge in [-0.05, 0) is 36.1 Å². The summed E-state index contributed by atoms with van der Waals surface area (Å²) in [5.41, 5.74) is 2.03. The number of hydrogen-bond acceptors (Lipinski definition) is 5. The third kappa shape index (κ3) is 5.97. The van der Waals surface area contributed by atoms with Gasteiger partial charge in [0, 0.05) is 44.6 Å². The predicted molar refractivity (Wildman–Crippen MR) is 129 cm³/mol. The van der Waals surface area contributed by atoms with Crippen LogP contribution in [0, 0.1) is 11.8 Å². The largest absolute Gasteiger partial charge is 0.353 e. The van der Waals surface area contributed by atoms with Gasteiger partial charge in [-0.25, -0.2) is 14.8 Å². The summed E-state index contributed by atoms with van der Waals surface area (Å²) in [6.07, 6.45) is 10.2. The number of anilines is 2. The molecular weight excluding hydrogens is 400 g/mol. The smallest absolute Gasteiger partial charge is 0.321 e. The van der Waals surface area contributed by atoms with Crippen LogP contribution in [0.15, 0.2) is 42.9 Å². The molecule has 0 bridgehead atoms. The molecule has 7 nitrogen and oxygen atoms in total. The second-order valence-corrected chi connectivity index (χ2v) is 9.14. The molecule has 0 spiro atoms. The normalized spacial score (nSPS) is 18.4. The van der Waals surface area contributed by atoms with Crippen LogP contribution in [0.5, 0.6) is 0 Å². The fourth-order valence-electron chi connectivity index (χ4n) is 4.90. The lowest BCUT2D eigenvalue weighted by Crippen LogP contribution is -2.50. The third-order valence-corrected chi connectivity index (χ3v) is 6.95. The van der Waals surface area contributed by atoms with E-state index < -0.39 is 0 Å². The Hall–Kier alpha value is -2.67. The molecule has 1 unspecified atom stereocenters. The summed E-state index contributed by atoms with van der Waals surface area (Å²) in [7, 11) is 0. The molecule has 1 atom stereocenters. The van der Waals surface area contributed by atoms with Gasteiger partial charge >= 0.3 is 6.03 Å². The molecule has 4 rings (SSSR count). The Kier molecular flexibility index (Phi) is 7.93. The molecular formula is C25H36N6O. The maximum atomic E-state index is 12.9. The monoisotopic (exact) mass is 436 g/mol. The molecule has 2 N–H and O–H groups in total. The zero-order valence-electron chi connectivity index (χ0n) is 19.2. The fourth-order valence-corrected chi connectivity index (χ4v) is 4.90. The Bertz CT molecular complexity index is 847. The Morgan fingerprint density at radius 3 is 2.62 bits per heavy atom. The van der Waals surface area contributed by atoms with Gasteiger partial charge in [0.15, 0.2) is 0 Å². The topological polar surface area (TPSA) is 73.4 Å². The second kappa shape index (κ2) is 11.3. The quantitative estimate of drug-likeness (QED) is 0.683. The summed E-state index contributed by atoms with van der Waals surface area (Å²) < 4.78 is 0. The van der Waals surface area contributed by atoms with Crippen molar-refractivity contribution in [2.24, 2.45) is 11.8 Å². The number of piperazine rings is 1. The van der Waals surface area contributed by atoms with Gasteiger partial charge in [0.2, 0.25) is 0 Å². The number of carbonyl (C=O) groups excluding carboxylic acids is 1. The number of aromatic nitrogens is 2. The number of benzene rings is 1. The molecule has 1 aliphatic carbocycles. The highest BCUT2D eigenvalue weighted by atomic mass is 16.2. The van der Waals surface area contributed by atoms with Gasteiger partial charge in [0.1, 0.15) is 12.1 Å². The van der Waals surface area contributed by atoms with E-state index in [1.807, 2.05) is 29.2 Å². The van der Waals surface area contributed by atoms with Crippen molar-refractivity contribution in [2.45, 2.75) is 45.6 Å². The Morgan fingerprint density at radius 1 is 1.09 bits per heavy atom. The molecule has 7 heteroatoms. The van der Waals surface area contributed by atoms with Crippen molar-refractivity contribution in [3.8, 4) is 0 Å². The van der Waals surface area contributed by atoms with Crippen molar-refractivity contribution in [1.82, 2.24) is 20.2 Å². The average molecular weight is 437 g/mol. The fraction of sp³-hybridized carbons (Fsp3) is 0.560. The lowest BCUT2D eigenvalue weighted by atomic mass is 9.81. The van der Waals surface area contributed by atoms with Crippen molar-refractivity contribution in [3.63, 3.8) is 0 Å². The molecule has 1 saturated carbocycles. The number of para-hydroxylation sites is 1. The van der Waals surface area contributed by atoms with Crippen molar-refractivity contribution in [2.75, 3.05) is 42.9 Å². The molecule has 172 valence electrons. The highest BCUT2D eigenvalue weighted by Gasteiger charge is 2.23. The summed E-state index contributed by atoms with van der Waals surface area (Å²) in [5.74, 6) is 2.47. The Morgan fingerprint density at radius 2 is 1.88 bits per heavy atom. The molecule has 32 heavy (non-hydrogen) atoms. The lowest BCUT2D eigenvalue weighted by Gasteiger charge is -2.35. The highest BCUT2D eigenvalue weighted by Crippen LogP contribution is 2.29. The minimum Gasteiger partial charge on any atom is -0.353 e. The Labute approximate surface area is 191 Å². The molecule has 2 amide bonds. The van der Waals surface area contributed by atoms with Crippen molar-refractivity contribution in [3.05, 3.63) is 48.4 Å². The molecule has 2 aromatic rings. The van der Waals surface area contributed by atoms with Crippen LogP contribution >= 0.6 is 0 Å². The zero-order valence-corrected chi connectivity index (χ0v) is 19.2. The first-order valence-electron chi connectivity index (χ1n) is 12.1. The van der Waals surface area contributed by atoms with Gasteiger partial charge in [-0.3, -0.25) is 0 Å². The number of nitrogens with one attached hydrogen (secondary N) is 2. The van der Waals surface area contributed by atoms with Crippen molar-refractivity contribution in [1.29, 1.82) is 0 Å². The van der Waals surface area contributed by atoms with E-state index in [-0.39, 0.29) is 6.03 Å². The van der Waals surface area contributed by atoms with E-state index in [1.165, 1.54) is 32.1 Å². The molecule has 1 aromatic carbocycles. The van der Waals surface area contributed by atoms with Crippen LogP contribution in [0.1, 0.15) is 44.6 Å². The molecule has 2 heterocycles. The van der Waals surface area contributed by atoms with Gasteiger partial charge in [-0.15, -0.1) is 0 Å². The van der Waals surface area contributed by atoms with E-state index >= 15 is 0 Å². The first-order valence-corrected chi connectivity index (χ1v) is 12.1. The molecule has 2 aliphatic rings. The van der Waals surface area contributed by atoms with Gasteiger partial charge in [-0.2, -0.15) is 0 Å². The average Bonchev–Trinajstić information content (AvgIpc) is 2.86. The van der Waals surface area contributed by atoms with Crippen molar-refractivity contribution >= 4 is 17.5 Å². The number of hydrogen-bond donors (Lipinski definition) is 2. The predicted octanol–water partition coefficient (Wildman–Crippen LogP) is 4.14. The molecule has 1 aliphatic heterocycles. The number of urea groups is 1. The van der Waals surface area contributed by atoms with E-state index in [0.717, 1.165) is 49.2 Å². The Balaban J connectivity index is 1.26. The summed E-state index contributed by atoms with van der Waals surface area (Å²) in [5, 5.41) is 6.77. The summed E-state index contributed by atoms with van der Waals surface area (Å²) in [4.78, 5) is 25.3. The summed E-state index contributed by atoms with van der Waals surface area (Å²) >= 11 is 0.